The van der Waals surface area contributed by atoms with E-state index < -0.39 is 0 Å². The van der Waals surface area contributed by atoms with E-state index in [0.717, 1.165) is 36.2 Å². The molecule has 5 nitrogen and oxygen atoms in total. The van der Waals surface area contributed by atoms with Gasteiger partial charge in [-0.1, -0.05) is 29.8 Å². The fraction of sp³-hybridized carbons (Fsp3) is 0.647. The van der Waals surface area contributed by atoms with Crippen molar-refractivity contribution in [2.75, 3.05) is 47.0 Å². The standard InChI is InChI=1S/C17H27BrN2O3/c1-17(2,11-21)16(20-7-5-19-6-8-20)12-9-14(22-3)15(23-4)10-13(12)18/h9-10,16,19,21H,5-8,11H2,1-4H3/t16-/m0/s1. The van der Waals surface area contributed by atoms with Crippen molar-refractivity contribution < 1.29 is 14.6 Å². The van der Waals surface area contributed by atoms with E-state index in [1.807, 2.05) is 12.1 Å². The van der Waals surface area contributed by atoms with Crippen LogP contribution in [-0.4, -0.2) is 57.0 Å². The summed E-state index contributed by atoms with van der Waals surface area (Å²) < 4.78 is 11.8. The van der Waals surface area contributed by atoms with Crippen LogP contribution >= 0.6 is 15.9 Å². The first-order valence-electron chi connectivity index (χ1n) is 7.91. The van der Waals surface area contributed by atoms with Crippen molar-refractivity contribution in [2.24, 2.45) is 5.41 Å². The summed E-state index contributed by atoms with van der Waals surface area (Å²) in [5.74, 6) is 1.41. The van der Waals surface area contributed by atoms with Gasteiger partial charge in [0.2, 0.25) is 0 Å². The Morgan fingerprint density at radius 1 is 1.22 bits per heavy atom. The minimum absolute atomic E-state index is 0.0868. The molecule has 1 atom stereocenters. The molecule has 1 aliphatic rings. The smallest absolute Gasteiger partial charge is 0.161 e. The Labute approximate surface area is 147 Å². The van der Waals surface area contributed by atoms with E-state index in [4.69, 9.17) is 9.47 Å². The molecule has 0 saturated carbocycles. The zero-order chi connectivity index (χ0) is 17.0. The quantitative estimate of drug-likeness (QED) is 0.786. The number of nitrogens with one attached hydrogen (secondary N) is 1. The summed E-state index contributed by atoms with van der Waals surface area (Å²) in [7, 11) is 3.28. The topological polar surface area (TPSA) is 54.0 Å². The number of nitrogens with zero attached hydrogens (tertiary/aromatic N) is 1. The van der Waals surface area contributed by atoms with Crippen LogP contribution in [0.1, 0.15) is 25.5 Å². The van der Waals surface area contributed by atoms with Crippen molar-refractivity contribution in [2.45, 2.75) is 19.9 Å². The average Bonchev–Trinajstić information content (AvgIpc) is 2.57. The van der Waals surface area contributed by atoms with E-state index in [-0.39, 0.29) is 18.1 Å². The zero-order valence-electron chi connectivity index (χ0n) is 14.4. The number of hydrogen-bond donors (Lipinski definition) is 2. The number of aliphatic hydroxyl groups excluding tert-OH is 1. The molecular formula is C17H27BrN2O3. The van der Waals surface area contributed by atoms with Gasteiger partial charge in [0, 0.05) is 48.7 Å². The van der Waals surface area contributed by atoms with Gasteiger partial charge in [-0.25, -0.2) is 0 Å². The molecule has 1 aromatic carbocycles. The highest BCUT2D eigenvalue weighted by molar-refractivity contribution is 9.10. The lowest BCUT2D eigenvalue weighted by Crippen LogP contribution is -2.49. The minimum atomic E-state index is -0.278. The first-order valence-corrected chi connectivity index (χ1v) is 8.71. The number of methoxy groups -OCH3 is 2. The number of halogens is 1. The summed E-state index contributed by atoms with van der Waals surface area (Å²) in [5, 5.41) is 13.3. The molecule has 0 spiro atoms. The third-order valence-electron chi connectivity index (χ3n) is 4.46. The Morgan fingerprint density at radius 2 is 1.78 bits per heavy atom. The van der Waals surface area contributed by atoms with Crippen LogP contribution < -0.4 is 14.8 Å². The van der Waals surface area contributed by atoms with E-state index >= 15 is 0 Å². The second kappa shape index (κ2) is 7.83. The molecule has 23 heavy (non-hydrogen) atoms. The highest BCUT2D eigenvalue weighted by Crippen LogP contribution is 2.44. The van der Waals surface area contributed by atoms with Crippen LogP contribution in [0.3, 0.4) is 0 Å². The largest absolute Gasteiger partial charge is 0.493 e. The predicted octanol–water partition coefficient (Wildman–Crippen LogP) is 2.43. The Morgan fingerprint density at radius 3 is 2.30 bits per heavy atom. The summed E-state index contributed by atoms with van der Waals surface area (Å²) in [5.41, 5.74) is 0.836. The summed E-state index contributed by atoms with van der Waals surface area (Å²) >= 11 is 3.68. The van der Waals surface area contributed by atoms with Crippen LogP contribution in [0.5, 0.6) is 11.5 Å². The van der Waals surface area contributed by atoms with E-state index in [1.165, 1.54) is 0 Å². The molecule has 2 N–H and O–H groups in total. The second-order valence-corrected chi connectivity index (χ2v) is 7.42. The molecule has 1 fully saturated rings. The number of hydrogen-bond acceptors (Lipinski definition) is 5. The lowest BCUT2D eigenvalue weighted by Gasteiger charge is -2.44. The lowest BCUT2D eigenvalue weighted by atomic mass is 9.79. The molecule has 130 valence electrons. The third kappa shape index (κ3) is 3.99. The van der Waals surface area contributed by atoms with Crippen molar-refractivity contribution in [1.29, 1.82) is 0 Å². The van der Waals surface area contributed by atoms with E-state index in [1.54, 1.807) is 14.2 Å². The third-order valence-corrected chi connectivity index (χ3v) is 5.15. The summed E-state index contributed by atoms with van der Waals surface area (Å²) in [4.78, 5) is 2.43. The molecule has 1 saturated heterocycles. The van der Waals surface area contributed by atoms with E-state index in [2.05, 4.69) is 40.0 Å². The summed E-state index contributed by atoms with van der Waals surface area (Å²) in [6.45, 7) is 8.14. The molecule has 6 heteroatoms. The van der Waals surface area contributed by atoms with Crippen LogP contribution in [0.15, 0.2) is 16.6 Å². The molecule has 2 rings (SSSR count). The Hall–Kier alpha value is -0.820. The first kappa shape index (κ1) is 18.5. The maximum Gasteiger partial charge on any atom is 0.161 e. The van der Waals surface area contributed by atoms with Gasteiger partial charge in [-0.05, 0) is 17.7 Å². The second-order valence-electron chi connectivity index (χ2n) is 6.56. The van der Waals surface area contributed by atoms with Crippen LogP contribution in [0, 0.1) is 5.41 Å². The van der Waals surface area contributed by atoms with Crippen molar-refractivity contribution >= 4 is 15.9 Å². The number of ether oxygens (including phenoxy) is 2. The normalized spacial score (nSPS) is 17.8. The van der Waals surface area contributed by atoms with Crippen molar-refractivity contribution in [3.8, 4) is 11.5 Å². The number of benzene rings is 1. The van der Waals surface area contributed by atoms with Crippen LogP contribution in [0.25, 0.3) is 0 Å². The molecular weight excluding hydrogens is 360 g/mol. The molecule has 1 heterocycles. The van der Waals surface area contributed by atoms with Gasteiger partial charge in [0.25, 0.3) is 0 Å². The van der Waals surface area contributed by atoms with Gasteiger partial charge in [-0.15, -0.1) is 0 Å². The molecule has 0 unspecified atom stereocenters. The monoisotopic (exact) mass is 386 g/mol. The van der Waals surface area contributed by atoms with E-state index in [0.29, 0.717) is 11.5 Å². The summed E-state index contributed by atoms with van der Waals surface area (Å²) in [6, 6.07) is 4.05. The van der Waals surface area contributed by atoms with Crippen molar-refractivity contribution in [1.82, 2.24) is 10.2 Å². The first-order chi connectivity index (χ1) is 10.9. The van der Waals surface area contributed by atoms with Gasteiger partial charge in [0.05, 0.1) is 14.2 Å². The Balaban J connectivity index is 2.50. The van der Waals surface area contributed by atoms with Crippen LogP contribution in [-0.2, 0) is 0 Å². The molecule has 1 aromatic rings. The molecule has 0 aromatic heterocycles. The zero-order valence-corrected chi connectivity index (χ0v) is 15.9. The molecule has 0 amide bonds. The highest BCUT2D eigenvalue weighted by atomic mass is 79.9. The van der Waals surface area contributed by atoms with Gasteiger partial charge >= 0.3 is 0 Å². The van der Waals surface area contributed by atoms with Crippen molar-refractivity contribution in [3.05, 3.63) is 22.2 Å². The number of aliphatic hydroxyl groups is 1. The van der Waals surface area contributed by atoms with Crippen LogP contribution in [0.2, 0.25) is 0 Å². The number of piperazine rings is 1. The predicted molar refractivity (Wildman–Crippen MR) is 95.3 cm³/mol. The Bertz CT molecular complexity index is 531. The lowest BCUT2D eigenvalue weighted by molar-refractivity contribution is 0.0300. The van der Waals surface area contributed by atoms with Gasteiger partial charge in [0.1, 0.15) is 0 Å². The Kier molecular flexibility index (Phi) is 6.31. The SMILES string of the molecule is COc1cc(Br)c([C@H](N2CCNCC2)C(C)(C)CO)cc1OC. The molecule has 0 aliphatic carbocycles. The van der Waals surface area contributed by atoms with Crippen molar-refractivity contribution in [3.63, 3.8) is 0 Å². The van der Waals surface area contributed by atoms with Gasteiger partial charge in [0.15, 0.2) is 11.5 Å². The number of rotatable bonds is 6. The molecule has 1 aliphatic heterocycles. The minimum Gasteiger partial charge on any atom is -0.493 e. The highest BCUT2D eigenvalue weighted by Gasteiger charge is 2.37. The van der Waals surface area contributed by atoms with Gasteiger partial charge < -0.3 is 19.9 Å². The molecule has 0 radical (unpaired) electrons. The maximum atomic E-state index is 9.96. The fourth-order valence-corrected chi connectivity index (χ4v) is 3.76. The van der Waals surface area contributed by atoms with Crippen LogP contribution in [0.4, 0.5) is 0 Å². The maximum absolute atomic E-state index is 9.96. The average molecular weight is 387 g/mol. The van der Waals surface area contributed by atoms with Gasteiger partial charge in [-0.2, -0.15) is 0 Å². The fourth-order valence-electron chi connectivity index (χ4n) is 3.22. The molecule has 0 bridgehead atoms. The van der Waals surface area contributed by atoms with Gasteiger partial charge in [-0.3, -0.25) is 4.90 Å². The van der Waals surface area contributed by atoms with E-state index in [9.17, 15) is 5.11 Å². The summed E-state index contributed by atoms with van der Waals surface area (Å²) in [6.07, 6.45) is 0.